The van der Waals surface area contributed by atoms with Crippen LogP contribution in [0.2, 0.25) is 5.02 Å². The van der Waals surface area contributed by atoms with E-state index >= 15 is 0 Å². The Morgan fingerprint density at radius 1 is 1.04 bits per heavy atom. The number of carbonyl (C=O) groups is 1. The first-order valence-corrected chi connectivity index (χ1v) is 10.0. The number of para-hydroxylation sites is 1. The van der Waals surface area contributed by atoms with Crippen LogP contribution in [0, 0.1) is 0 Å². The van der Waals surface area contributed by atoms with Crippen LogP contribution in [0.25, 0.3) is 0 Å². The predicted octanol–water partition coefficient (Wildman–Crippen LogP) is 4.31. The van der Waals surface area contributed by atoms with Crippen LogP contribution in [-0.2, 0) is 10.5 Å². The van der Waals surface area contributed by atoms with Crippen LogP contribution in [0.3, 0.4) is 0 Å². The topological polar surface area (TPSA) is 23.6 Å². The average Bonchev–Trinajstić information content (AvgIpc) is 2.67. The fraction of sp³-hybridized carbons (Fsp3) is 0.350. The maximum atomic E-state index is 12.7. The molecule has 5 heteroatoms. The van der Waals surface area contributed by atoms with E-state index in [0.29, 0.717) is 0 Å². The molecule has 0 aliphatic carbocycles. The first-order valence-electron chi connectivity index (χ1n) is 8.59. The molecule has 0 bridgehead atoms. The van der Waals surface area contributed by atoms with Gasteiger partial charge in [0.2, 0.25) is 5.91 Å². The smallest absolute Gasteiger partial charge is 0.235 e. The monoisotopic (exact) mass is 374 g/mol. The summed E-state index contributed by atoms with van der Waals surface area (Å²) in [4.78, 5) is 16.9. The lowest BCUT2D eigenvalue weighted by Gasteiger charge is -2.37. The third-order valence-corrected chi connectivity index (χ3v) is 6.00. The number of hydrogen-bond acceptors (Lipinski definition) is 3. The molecule has 0 saturated carbocycles. The summed E-state index contributed by atoms with van der Waals surface area (Å²) in [5.74, 6) is 1.10. The molecule has 1 atom stereocenters. The maximum Gasteiger partial charge on any atom is 0.235 e. The van der Waals surface area contributed by atoms with Crippen molar-refractivity contribution in [1.29, 1.82) is 0 Å². The van der Waals surface area contributed by atoms with Crippen LogP contribution in [0.5, 0.6) is 0 Å². The molecule has 1 heterocycles. The van der Waals surface area contributed by atoms with Crippen molar-refractivity contribution in [2.24, 2.45) is 0 Å². The number of hydrogen-bond donors (Lipinski definition) is 0. The Kier molecular flexibility index (Phi) is 6.27. The summed E-state index contributed by atoms with van der Waals surface area (Å²) >= 11 is 7.99. The normalized spacial score (nSPS) is 15.9. The lowest BCUT2D eigenvalue weighted by atomic mass is 10.2. The Morgan fingerprint density at radius 2 is 1.68 bits per heavy atom. The van der Waals surface area contributed by atoms with Crippen LogP contribution in [-0.4, -0.2) is 42.2 Å². The Bertz CT molecular complexity index is 702. The fourth-order valence-corrected chi connectivity index (χ4v) is 4.18. The Balaban J connectivity index is 1.50. The summed E-state index contributed by atoms with van der Waals surface area (Å²) in [6, 6.07) is 18.2. The minimum Gasteiger partial charge on any atom is -0.367 e. The van der Waals surface area contributed by atoms with Gasteiger partial charge in [-0.3, -0.25) is 4.79 Å². The highest BCUT2D eigenvalue weighted by Crippen LogP contribution is 2.26. The Morgan fingerprint density at radius 3 is 2.36 bits per heavy atom. The number of piperazine rings is 1. The molecule has 1 amide bonds. The van der Waals surface area contributed by atoms with Crippen LogP contribution >= 0.6 is 23.4 Å². The molecule has 25 heavy (non-hydrogen) atoms. The minimum absolute atomic E-state index is 0.0212. The summed E-state index contributed by atoms with van der Waals surface area (Å²) < 4.78 is 0. The van der Waals surface area contributed by atoms with Gasteiger partial charge in [0.05, 0.1) is 16.0 Å². The number of benzene rings is 2. The molecule has 132 valence electrons. The van der Waals surface area contributed by atoms with Gasteiger partial charge in [0.1, 0.15) is 0 Å². The summed E-state index contributed by atoms with van der Waals surface area (Å²) in [6.45, 7) is 5.16. The van der Waals surface area contributed by atoms with Gasteiger partial charge >= 0.3 is 0 Å². The van der Waals surface area contributed by atoms with Crippen molar-refractivity contribution in [3.05, 3.63) is 65.2 Å². The van der Waals surface area contributed by atoms with Gasteiger partial charge in [-0.25, -0.2) is 0 Å². The first-order chi connectivity index (χ1) is 12.1. The molecule has 3 rings (SSSR count). The number of nitrogens with zero attached hydrogens (tertiary/aromatic N) is 2. The summed E-state index contributed by atoms with van der Waals surface area (Å²) in [5.41, 5.74) is 2.32. The van der Waals surface area contributed by atoms with Gasteiger partial charge in [-0.1, -0.05) is 54.1 Å². The number of amides is 1. The third-order valence-electron chi connectivity index (χ3n) is 4.48. The molecule has 0 N–H and O–H groups in total. The molecule has 3 nitrogen and oxygen atoms in total. The largest absolute Gasteiger partial charge is 0.367 e. The van der Waals surface area contributed by atoms with E-state index in [1.165, 1.54) is 5.56 Å². The van der Waals surface area contributed by atoms with E-state index in [2.05, 4.69) is 17.0 Å². The molecular weight excluding hydrogens is 352 g/mol. The fourth-order valence-electron chi connectivity index (χ4n) is 3.00. The van der Waals surface area contributed by atoms with Crippen molar-refractivity contribution in [3.63, 3.8) is 0 Å². The van der Waals surface area contributed by atoms with E-state index in [1.54, 1.807) is 11.8 Å². The van der Waals surface area contributed by atoms with E-state index in [-0.39, 0.29) is 11.2 Å². The second-order valence-corrected chi connectivity index (χ2v) is 7.94. The molecule has 2 aromatic rings. The van der Waals surface area contributed by atoms with Gasteiger partial charge in [0, 0.05) is 31.9 Å². The molecule has 2 aromatic carbocycles. The SMILES string of the molecule is CC(SCc1ccccc1)C(=O)N1CCN(c2ccccc2Cl)CC1. The highest BCUT2D eigenvalue weighted by atomic mass is 35.5. The van der Waals surface area contributed by atoms with E-state index in [4.69, 9.17) is 11.6 Å². The predicted molar refractivity (Wildman–Crippen MR) is 107 cm³/mol. The van der Waals surface area contributed by atoms with E-state index in [1.807, 2.05) is 54.3 Å². The standard InChI is InChI=1S/C20H23ClN2OS/c1-16(25-15-17-7-3-2-4-8-17)20(24)23-13-11-22(12-14-23)19-10-6-5-9-18(19)21/h2-10,16H,11-15H2,1H3. The highest BCUT2D eigenvalue weighted by molar-refractivity contribution is 7.99. The van der Waals surface area contributed by atoms with Gasteiger partial charge in [0.25, 0.3) is 0 Å². The summed E-state index contributed by atoms with van der Waals surface area (Å²) in [7, 11) is 0. The number of thioether (sulfide) groups is 1. The zero-order chi connectivity index (χ0) is 17.6. The minimum atomic E-state index is -0.0212. The van der Waals surface area contributed by atoms with E-state index in [9.17, 15) is 4.79 Å². The Hall–Kier alpha value is -1.65. The van der Waals surface area contributed by atoms with Crippen LogP contribution in [0.4, 0.5) is 5.69 Å². The highest BCUT2D eigenvalue weighted by Gasteiger charge is 2.25. The molecule has 1 aliphatic rings. The average molecular weight is 375 g/mol. The first kappa shape index (κ1) is 18.2. The zero-order valence-corrected chi connectivity index (χ0v) is 16.0. The molecule has 1 unspecified atom stereocenters. The lowest BCUT2D eigenvalue weighted by molar-refractivity contribution is -0.130. The molecule has 1 saturated heterocycles. The number of halogens is 1. The van der Waals surface area contributed by atoms with Crippen LogP contribution < -0.4 is 4.90 Å². The number of carbonyl (C=O) groups excluding carboxylic acids is 1. The van der Waals surface area contributed by atoms with Crippen LogP contribution in [0.15, 0.2) is 54.6 Å². The van der Waals surface area contributed by atoms with Crippen molar-refractivity contribution < 1.29 is 4.79 Å². The molecule has 0 radical (unpaired) electrons. The second kappa shape index (κ2) is 8.63. The summed E-state index contributed by atoms with van der Waals surface area (Å²) in [6.07, 6.45) is 0. The van der Waals surface area contributed by atoms with E-state index < -0.39 is 0 Å². The molecule has 0 spiro atoms. The molecular formula is C20H23ClN2OS. The van der Waals surface area contributed by atoms with Crippen molar-refractivity contribution >= 4 is 35.0 Å². The van der Waals surface area contributed by atoms with Crippen molar-refractivity contribution in [2.45, 2.75) is 17.9 Å². The zero-order valence-electron chi connectivity index (χ0n) is 14.4. The van der Waals surface area contributed by atoms with Gasteiger partial charge in [0.15, 0.2) is 0 Å². The quantitative estimate of drug-likeness (QED) is 0.779. The van der Waals surface area contributed by atoms with Crippen molar-refractivity contribution in [1.82, 2.24) is 4.90 Å². The van der Waals surface area contributed by atoms with Crippen LogP contribution in [0.1, 0.15) is 12.5 Å². The molecule has 0 aromatic heterocycles. The number of anilines is 1. The van der Waals surface area contributed by atoms with Gasteiger partial charge in [-0.05, 0) is 24.6 Å². The van der Waals surface area contributed by atoms with Crippen molar-refractivity contribution in [2.75, 3.05) is 31.1 Å². The van der Waals surface area contributed by atoms with Gasteiger partial charge < -0.3 is 9.80 Å². The second-order valence-electron chi connectivity index (χ2n) is 6.20. The maximum absolute atomic E-state index is 12.7. The van der Waals surface area contributed by atoms with Gasteiger partial charge in [-0.2, -0.15) is 0 Å². The lowest BCUT2D eigenvalue weighted by Crippen LogP contribution is -2.50. The van der Waals surface area contributed by atoms with E-state index in [0.717, 1.165) is 42.6 Å². The molecule has 1 fully saturated rings. The van der Waals surface area contributed by atoms with Crippen molar-refractivity contribution in [3.8, 4) is 0 Å². The third kappa shape index (κ3) is 4.71. The van der Waals surface area contributed by atoms with Gasteiger partial charge in [-0.15, -0.1) is 11.8 Å². The Labute approximate surface area is 159 Å². The number of rotatable bonds is 5. The summed E-state index contributed by atoms with van der Waals surface area (Å²) in [5, 5.41) is 0.751. The molecule has 1 aliphatic heterocycles.